The summed E-state index contributed by atoms with van der Waals surface area (Å²) in [5.41, 5.74) is 2.92. The molecule has 1 aromatic carbocycles. The van der Waals surface area contributed by atoms with Gasteiger partial charge in [0.1, 0.15) is 0 Å². The third-order valence-electron chi connectivity index (χ3n) is 3.23. The standard InChI is InChI=1S/C14H13Cl2N3/c1-19(13-9(15)5-4-6-10(13)16)14-17-11-7-2-3-8-12(11)18-14/h2,4-7H,3,8H2,1H3,(H,17,18). The highest BCUT2D eigenvalue weighted by Crippen LogP contribution is 2.36. The van der Waals surface area contributed by atoms with Crippen molar-refractivity contribution in [3.05, 3.63) is 45.7 Å². The monoisotopic (exact) mass is 293 g/mol. The molecule has 2 aromatic rings. The molecule has 0 radical (unpaired) electrons. The van der Waals surface area contributed by atoms with Crippen LogP contribution >= 0.6 is 23.2 Å². The van der Waals surface area contributed by atoms with Crippen LogP contribution in [0.1, 0.15) is 17.8 Å². The van der Waals surface area contributed by atoms with E-state index in [-0.39, 0.29) is 0 Å². The molecule has 0 spiro atoms. The maximum absolute atomic E-state index is 6.22. The van der Waals surface area contributed by atoms with Crippen LogP contribution in [0.3, 0.4) is 0 Å². The van der Waals surface area contributed by atoms with Crippen molar-refractivity contribution in [2.75, 3.05) is 11.9 Å². The third kappa shape index (κ3) is 2.24. The fourth-order valence-electron chi connectivity index (χ4n) is 2.23. The fraction of sp³-hybridized carbons (Fsp3) is 0.214. The van der Waals surface area contributed by atoms with Gasteiger partial charge in [-0.15, -0.1) is 0 Å². The van der Waals surface area contributed by atoms with Crippen LogP contribution in [0.5, 0.6) is 0 Å². The number of aromatic amines is 1. The van der Waals surface area contributed by atoms with E-state index in [1.807, 2.05) is 36.2 Å². The molecule has 19 heavy (non-hydrogen) atoms. The number of hydrogen-bond donors (Lipinski definition) is 1. The van der Waals surface area contributed by atoms with E-state index >= 15 is 0 Å². The number of rotatable bonds is 2. The molecule has 0 atom stereocenters. The highest BCUT2D eigenvalue weighted by molar-refractivity contribution is 6.39. The molecule has 0 fully saturated rings. The normalized spacial score (nSPS) is 13.4. The summed E-state index contributed by atoms with van der Waals surface area (Å²) in [6.45, 7) is 0. The van der Waals surface area contributed by atoms with Gasteiger partial charge in [-0.1, -0.05) is 35.3 Å². The third-order valence-corrected chi connectivity index (χ3v) is 3.84. The van der Waals surface area contributed by atoms with E-state index in [1.165, 1.54) is 0 Å². The summed E-state index contributed by atoms with van der Waals surface area (Å²) in [6, 6.07) is 5.47. The maximum Gasteiger partial charge on any atom is 0.207 e. The summed E-state index contributed by atoms with van der Waals surface area (Å²) in [4.78, 5) is 9.79. The van der Waals surface area contributed by atoms with Crippen LogP contribution in [-0.4, -0.2) is 17.0 Å². The summed E-state index contributed by atoms with van der Waals surface area (Å²) >= 11 is 12.4. The molecule has 3 rings (SSSR count). The van der Waals surface area contributed by atoms with Crippen LogP contribution < -0.4 is 4.90 Å². The number of para-hydroxylation sites is 1. The average molecular weight is 294 g/mol. The zero-order valence-corrected chi connectivity index (χ0v) is 12.0. The van der Waals surface area contributed by atoms with E-state index in [0.29, 0.717) is 10.0 Å². The van der Waals surface area contributed by atoms with Crippen molar-refractivity contribution in [2.45, 2.75) is 12.8 Å². The number of imidazole rings is 1. The predicted octanol–water partition coefficient (Wildman–Crippen LogP) is 4.44. The largest absolute Gasteiger partial charge is 0.327 e. The molecule has 0 aliphatic heterocycles. The van der Waals surface area contributed by atoms with Gasteiger partial charge >= 0.3 is 0 Å². The molecule has 0 unspecified atom stereocenters. The number of fused-ring (bicyclic) bond motifs is 1. The first kappa shape index (κ1) is 12.6. The van der Waals surface area contributed by atoms with Gasteiger partial charge in [-0.2, -0.15) is 0 Å². The van der Waals surface area contributed by atoms with E-state index < -0.39 is 0 Å². The lowest BCUT2D eigenvalue weighted by Gasteiger charge is -2.18. The Morgan fingerprint density at radius 3 is 2.68 bits per heavy atom. The van der Waals surface area contributed by atoms with E-state index in [2.05, 4.69) is 16.0 Å². The molecule has 5 heteroatoms. The molecule has 98 valence electrons. The average Bonchev–Trinajstić information content (AvgIpc) is 2.82. The molecule has 0 saturated heterocycles. The van der Waals surface area contributed by atoms with E-state index in [4.69, 9.17) is 23.2 Å². The molecule has 3 nitrogen and oxygen atoms in total. The summed E-state index contributed by atoms with van der Waals surface area (Å²) in [5.74, 6) is 0.756. The van der Waals surface area contributed by atoms with E-state index in [0.717, 1.165) is 35.9 Å². The zero-order valence-electron chi connectivity index (χ0n) is 10.5. The summed E-state index contributed by atoms with van der Waals surface area (Å²) < 4.78 is 0. The number of anilines is 2. The van der Waals surface area contributed by atoms with E-state index in [1.54, 1.807) is 0 Å². The van der Waals surface area contributed by atoms with Crippen LogP contribution in [0.4, 0.5) is 11.6 Å². The predicted molar refractivity (Wildman–Crippen MR) is 80.5 cm³/mol. The lowest BCUT2D eigenvalue weighted by atomic mass is 10.1. The Labute approximate surface area is 121 Å². The van der Waals surface area contributed by atoms with Gasteiger partial charge in [-0.3, -0.25) is 0 Å². The Morgan fingerprint density at radius 1 is 1.26 bits per heavy atom. The van der Waals surface area contributed by atoms with Gasteiger partial charge in [0.05, 0.1) is 21.4 Å². The molecule has 1 aliphatic rings. The molecule has 0 bridgehead atoms. The first-order chi connectivity index (χ1) is 9.16. The summed E-state index contributed by atoms with van der Waals surface area (Å²) in [7, 11) is 1.90. The summed E-state index contributed by atoms with van der Waals surface area (Å²) in [5, 5.41) is 1.22. The Morgan fingerprint density at radius 2 is 2.00 bits per heavy atom. The maximum atomic E-state index is 6.22. The van der Waals surface area contributed by atoms with Gasteiger partial charge in [0.25, 0.3) is 0 Å². The highest BCUT2D eigenvalue weighted by atomic mass is 35.5. The van der Waals surface area contributed by atoms with Crippen LogP contribution in [0, 0.1) is 0 Å². The lowest BCUT2D eigenvalue weighted by Crippen LogP contribution is -2.12. The number of halogens is 2. The Balaban J connectivity index is 2.02. The van der Waals surface area contributed by atoms with Crippen molar-refractivity contribution in [3.8, 4) is 0 Å². The number of benzene rings is 1. The smallest absolute Gasteiger partial charge is 0.207 e. The quantitative estimate of drug-likeness (QED) is 0.887. The van der Waals surface area contributed by atoms with E-state index in [9.17, 15) is 0 Å². The molecule has 1 aliphatic carbocycles. The molecule has 1 aromatic heterocycles. The van der Waals surface area contributed by atoms with Crippen molar-refractivity contribution in [1.29, 1.82) is 0 Å². The summed E-state index contributed by atoms with van der Waals surface area (Å²) in [6.07, 6.45) is 6.21. The fourth-order valence-corrected chi connectivity index (χ4v) is 2.88. The van der Waals surface area contributed by atoms with Crippen molar-refractivity contribution in [2.24, 2.45) is 0 Å². The molecule has 0 amide bonds. The number of aryl methyl sites for hydroxylation is 1. The van der Waals surface area contributed by atoms with Gasteiger partial charge in [0.2, 0.25) is 5.95 Å². The highest BCUT2D eigenvalue weighted by Gasteiger charge is 2.17. The number of hydrogen-bond acceptors (Lipinski definition) is 2. The zero-order chi connectivity index (χ0) is 13.4. The molecular weight excluding hydrogens is 281 g/mol. The van der Waals surface area contributed by atoms with Crippen molar-refractivity contribution < 1.29 is 0 Å². The van der Waals surface area contributed by atoms with Gasteiger partial charge in [0.15, 0.2) is 0 Å². The van der Waals surface area contributed by atoms with Crippen molar-refractivity contribution in [3.63, 3.8) is 0 Å². The molecule has 0 saturated carbocycles. The Bertz CT molecular complexity index is 626. The van der Waals surface area contributed by atoms with Crippen molar-refractivity contribution in [1.82, 2.24) is 9.97 Å². The minimum absolute atomic E-state index is 0.611. The minimum atomic E-state index is 0.611. The lowest BCUT2D eigenvalue weighted by molar-refractivity contribution is 0.940. The van der Waals surface area contributed by atoms with Gasteiger partial charge < -0.3 is 9.88 Å². The second-order valence-corrected chi connectivity index (χ2v) is 5.31. The van der Waals surface area contributed by atoms with Gasteiger partial charge in [-0.25, -0.2) is 4.98 Å². The molecule has 1 N–H and O–H groups in total. The second kappa shape index (κ2) is 4.91. The van der Waals surface area contributed by atoms with Crippen LogP contribution in [-0.2, 0) is 6.42 Å². The Kier molecular flexibility index (Phi) is 3.25. The topological polar surface area (TPSA) is 31.9 Å². The minimum Gasteiger partial charge on any atom is -0.327 e. The van der Waals surface area contributed by atoms with Gasteiger partial charge in [-0.05, 0) is 31.1 Å². The van der Waals surface area contributed by atoms with Crippen LogP contribution in [0.2, 0.25) is 10.0 Å². The number of allylic oxidation sites excluding steroid dienone is 1. The molecular formula is C14H13Cl2N3. The number of nitrogens with zero attached hydrogens (tertiary/aromatic N) is 2. The van der Waals surface area contributed by atoms with Crippen molar-refractivity contribution >= 4 is 40.9 Å². The molecule has 1 heterocycles. The number of nitrogens with one attached hydrogen (secondary N) is 1. The number of H-pyrrole nitrogens is 1. The van der Waals surface area contributed by atoms with Crippen LogP contribution in [0.25, 0.3) is 6.08 Å². The SMILES string of the molecule is CN(c1nc2c([nH]1)CCC=C2)c1c(Cl)cccc1Cl. The first-order valence-corrected chi connectivity index (χ1v) is 6.85. The number of aromatic nitrogens is 2. The van der Waals surface area contributed by atoms with Gasteiger partial charge in [0, 0.05) is 12.7 Å². The first-order valence-electron chi connectivity index (χ1n) is 6.10. The van der Waals surface area contributed by atoms with Crippen LogP contribution in [0.15, 0.2) is 24.3 Å². The second-order valence-electron chi connectivity index (χ2n) is 4.49. The Hall–Kier alpha value is -1.45.